The van der Waals surface area contributed by atoms with Gasteiger partial charge in [0, 0.05) is 17.8 Å². The van der Waals surface area contributed by atoms with Crippen molar-refractivity contribution in [3.63, 3.8) is 0 Å². The van der Waals surface area contributed by atoms with Gasteiger partial charge in [-0.2, -0.15) is 0 Å². The number of rotatable bonds is 1. The number of aliphatic hydroxyl groups is 1. The van der Waals surface area contributed by atoms with Gasteiger partial charge in [-0.25, -0.2) is 0 Å². The molecular weight excluding hydrogens is 290 g/mol. The molecule has 4 saturated carbocycles. The van der Waals surface area contributed by atoms with E-state index in [1.165, 1.54) is 25.7 Å². The maximum absolute atomic E-state index is 11.2. The third-order valence-electron chi connectivity index (χ3n) is 8.89. The lowest BCUT2D eigenvalue weighted by Gasteiger charge is -2.60. The van der Waals surface area contributed by atoms with Crippen LogP contribution < -0.4 is 0 Å². The van der Waals surface area contributed by atoms with Crippen molar-refractivity contribution in [3.8, 4) is 0 Å². The molecule has 4 heteroatoms. The Balaban J connectivity index is 1.58. The Kier molecular flexibility index (Phi) is 3.57. The predicted octanol–water partition coefficient (Wildman–Crippen LogP) is 4.04. The molecule has 0 spiro atoms. The van der Waals surface area contributed by atoms with Crippen LogP contribution in [0.15, 0.2) is 0 Å². The number of nitrogens with zero attached hydrogens (tertiary/aromatic N) is 1. The van der Waals surface area contributed by atoms with E-state index in [2.05, 4.69) is 13.8 Å². The van der Waals surface area contributed by atoms with Crippen molar-refractivity contribution < 1.29 is 10.0 Å². The van der Waals surface area contributed by atoms with Gasteiger partial charge in [0.15, 0.2) is 0 Å². The second-order valence-corrected chi connectivity index (χ2v) is 9.51. The van der Waals surface area contributed by atoms with Gasteiger partial charge in [-0.15, -0.1) is 0 Å². The smallest absolute Gasteiger partial charge is 0.213 e. The predicted molar refractivity (Wildman–Crippen MR) is 88.5 cm³/mol. The molecule has 4 fully saturated rings. The lowest BCUT2D eigenvalue weighted by Crippen LogP contribution is -2.54. The van der Waals surface area contributed by atoms with Crippen LogP contribution in [0.4, 0.5) is 0 Å². The Morgan fingerprint density at radius 3 is 2.39 bits per heavy atom. The summed E-state index contributed by atoms with van der Waals surface area (Å²) in [6, 6.07) is -0.299. The van der Waals surface area contributed by atoms with Crippen molar-refractivity contribution in [2.45, 2.75) is 83.8 Å². The molecule has 4 aliphatic rings. The van der Waals surface area contributed by atoms with E-state index in [9.17, 15) is 15.2 Å². The summed E-state index contributed by atoms with van der Waals surface area (Å²) in [4.78, 5) is 11.2. The maximum atomic E-state index is 11.2. The fraction of sp³-hybridized carbons (Fsp3) is 1.00. The van der Waals surface area contributed by atoms with Crippen LogP contribution >= 0.6 is 0 Å². The van der Waals surface area contributed by atoms with Gasteiger partial charge >= 0.3 is 0 Å². The first-order chi connectivity index (χ1) is 10.9. The van der Waals surface area contributed by atoms with E-state index in [-0.39, 0.29) is 22.5 Å². The minimum atomic E-state index is -0.299. The monoisotopic (exact) mass is 321 g/mol. The molecule has 0 aromatic carbocycles. The molecule has 0 saturated heterocycles. The average Bonchev–Trinajstić information content (AvgIpc) is 2.82. The maximum Gasteiger partial charge on any atom is 0.213 e. The third kappa shape index (κ3) is 2.13. The zero-order valence-corrected chi connectivity index (χ0v) is 14.5. The standard InChI is InChI=1S/C19H31NO3/c1-18-9-7-13(20(22)23)11-12(18)3-4-14-15-5-6-17(21)19(15,2)10-8-16(14)18/h12-17,21H,3-11H2,1-2H3/t12-,13?,14?,15?,16?,17?,18-,19-/m0/s1. The molecule has 0 amide bonds. The van der Waals surface area contributed by atoms with E-state index >= 15 is 0 Å². The SMILES string of the molecule is C[C@]12CCC3C(CC[C@H]4CC([N+](=O)[O-])CC[C@]34C)C1CCC2O. The highest BCUT2D eigenvalue weighted by Gasteiger charge is 2.60. The van der Waals surface area contributed by atoms with E-state index in [0.29, 0.717) is 17.3 Å². The van der Waals surface area contributed by atoms with Crippen LogP contribution in [-0.4, -0.2) is 22.2 Å². The Morgan fingerprint density at radius 1 is 0.957 bits per heavy atom. The van der Waals surface area contributed by atoms with Crippen LogP contribution in [-0.2, 0) is 0 Å². The highest BCUT2D eigenvalue weighted by atomic mass is 16.6. The Morgan fingerprint density at radius 2 is 1.65 bits per heavy atom. The molecule has 130 valence electrons. The normalized spacial score (nSPS) is 55.6. The van der Waals surface area contributed by atoms with Gasteiger partial charge < -0.3 is 5.11 Å². The molecule has 0 radical (unpaired) electrons. The minimum Gasteiger partial charge on any atom is -0.393 e. The van der Waals surface area contributed by atoms with Gasteiger partial charge in [-0.1, -0.05) is 13.8 Å². The first kappa shape index (κ1) is 15.9. The molecule has 0 aromatic rings. The zero-order valence-electron chi connectivity index (χ0n) is 14.5. The van der Waals surface area contributed by atoms with E-state index in [1.807, 2.05) is 0 Å². The van der Waals surface area contributed by atoms with Crippen molar-refractivity contribution in [3.05, 3.63) is 10.1 Å². The van der Waals surface area contributed by atoms with Crippen LogP contribution in [0.5, 0.6) is 0 Å². The number of fused-ring (bicyclic) bond motifs is 5. The number of hydrogen-bond donors (Lipinski definition) is 1. The number of aliphatic hydroxyl groups excluding tert-OH is 1. The molecule has 0 aliphatic heterocycles. The lowest BCUT2D eigenvalue weighted by atomic mass is 9.45. The molecule has 1 N–H and O–H groups in total. The van der Waals surface area contributed by atoms with Gasteiger partial charge in [-0.05, 0) is 79.4 Å². The van der Waals surface area contributed by atoms with Crippen molar-refractivity contribution in [1.29, 1.82) is 0 Å². The van der Waals surface area contributed by atoms with Crippen molar-refractivity contribution in [1.82, 2.24) is 0 Å². The summed E-state index contributed by atoms with van der Waals surface area (Å²) in [6.07, 6.45) is 9.47. The summed E-state index contributed by atoms with van der Waals surface area (Å²) in [7, 11) is 0. The minimum absolute atomic E-state index is 0.0308. The molecule has 0 aromatic heterocycles. The summed E-state index contributed by atoms with van der Waals surface area (Å²) < 4.78 is 0. The molecular formula is C19H31NO3. The molecule has 8 atom stereocenters. The molecule has 23 heavy (non-hydrogen) atoms. The highest BCUT2D eigenvalue weighted by Crippen LogP contribution is 2.66. The van der Waals surface area contributed by atoms with Crippen molar-refractivity contribution >= 4 is 0 Å². The number of hydrogen-bond acceptors (Lipinski definition) is 3. The van der Waals surface area contributed by atoms with Crippen LogP contribution in [0.2, 0.25) is 0 Å². The van der Waals surface area contributed by atoms with Crippen LogP contribution in [0.3, 0.4) is 0 Å². The molecule has 0 bridgehead atoms. The summed E-state index contributed by atoms with van der Waals surface area (Å²) in [5.74, 6) is 2.71. The van der Waals surface area contributed by atoms with E-state index in [4.69, 9.17) is 0 Å². The van der Waals surface area contributed by atoms with Crippen molar-refractivity contribution in [2.24, 2.45) is 34.5 Å². The van der Waals surface area contributed by atoms with Gasteiger partial charge in [0.2, 0.25) is 6.04 Å². The van der Waals surface area contributed by atoms with Crippen molar-refractivity contribution in [2.75, 3.05) is 0 Å². The second kappa shape index (κ2) is 5.18. The second-order valence-electron chi connectivity index (χ2n) is 9.51. The average molecular weight is 321 g/mol. The van der Waals surface area contributed by atoms with Gasteiger partial charge in [0.25, 0.3) is 0 Å². The lowest BCUT2D eigenvalue weighted by molar-refractivity contribution is -0.531. The summed E-state index contributed by atoms with van der Waals surface area (Å²) in [5, 5.41) is 21.7. The molecule has 4 nitrogen and oxygen atoms in total. The summed E-state index contributed by atoms with van der Waals surface area (Å²) >= 11 is 0. The molecule has 4 rings (SSSR count). The Labute approximate surface area is 139 Å². The summed E-state index contributed by atoms with van der Waals surface area (Å²) in [6.45, 7) is 4.77. The van der Waals surface area contributed by atoms with Gasteiger partial charge in [0.1, 0.15) is 0 Å². The Bertz CT molecular complexity index is 509. The Hall–Kier alpha value is -0.640. The topological polar surface area (TPSA) is 63.4 Å². The summed E-state index contributed by atoms with van der Waals surface area (Å²) in [5.41, 5.74) is 0.451. The molecule has 4 aliphatic carbocycles. The fourth-order valence-corrected chi connectivity index (χ4v) is 7.40. The first-order valence-corrected chi connectivity index (χ1v) is 9.68. The van der Waals surface area contributed by atoms with Crippen LogP contribution in [0.25, 0.3) is 0 Å². The molecule has 5 unspecified atom stereocenters. The fourth-order valence-electron chi connectivity index (χ4n) is 7.40. The van der Waals surface area contributed by atoms with Gasteiger partial charge in [0.05, 0.1) is 6.10 Å². The molecule has 0 heterocycles. The van der Waals surface area contributed by atoms with Gasteiger partial charge in [-0.3, -0.25) is 10.1 Å². The van der Waals surface area contributed by atoms with Crippen LogP contribution in [0, 0.1) is 44.6 Å². The van der Waals surface area contributed by atoms with Crippen LogP contribution in [0.1, 0.15) is 71.6 Å². The third-order valence-corrected chi connectivity index (χ3v) is 8.89. The largest absolute Gasteiger partial charge is 0.393 e. The van der Waals surface area contributed by atoms with E-state index in [0.717, 1.165) is 43.9 Å². The van der Waals surface area contributed by atoms with E-state index in [1.54, 1.807) is 0 Å². The highest BCUT2D eigenvalue weighted by molar-refractivity contribution is 5.09. The number of nitro groups is 1. The quantitative estimate of drug-likeness (QED) is 0.585. The zero-order chi connectivity index (χ0) is 16.4. The first-order valence-electron chi connectivity index (χ1n) is 9.68. The van der Waals surface area contributed by atoms with E-state index < -0.39 is 0 Å².